The lowest BCUT2D eigenvalue weighted by Crippen LogP contribution is -2.23. The van der Waals surface area contributed by atoms with E-state index in [-0.39, 0.29) is 0 Å². The zero-order chi connectivity index (χ0) is 9.40. The fourth-order valence-electron chi connectivity index (χ4n) is 0.875. The van der Waals surface area contributed by atoms with Crippen molar-refractivity contribution in [2.45, 2.75) is 25.6 Å². The molecule has 0 aliphatic rings. The van der Waals surface area contributed by atoms with Crippen LogP contribution in [-0.4, -0.2) is 41.9 Å². The number of hydrogen-bond donors (Lipinski definition) is 0. The standard InChI is InChI=1S/C9H20ClNS/c1-4-12-8-7-11(3)6-5-9(2)10/h9H,4-8H2,1-3H3. The van der Waals surface area contributed by atoms with Gasteiger partial charge in [0, 0.05) is 17.7 Å². The molecule has 0 saturated carbocycles. The molecular formula is C9H20ClNS. The minimum absolute atomic E-state index is 0.311. The van der Waals surface area contributed by atoms with Crippen LogP contribution in [0.1, 0.15) is 20.3 Å². The average Bonchev–Trinajstić information content (AvgIpc) is 2.01. The molecule has 0 aromatic carbocycles. The fraction of sp³-hybridized carbons (Fsp3) is 1.00. The predicted molar refractivity (Wildman–Crippen MR) is 60.4 cm³/mol. The quantitative estimate of drug-likeness (QED) is 0.469. The second-order valence-corrected chi connectivity index (χ2v) is 5.21. The minimum atomic E-state index is 0.311. The summed E-state index contributed by atoms with van der Waals surface area (Å²) in [5.74, 6) is 2.46. The summed E-state index contributed by atoms with van der Waals surface area (Å²) in [7, 11) is 2.16. The number of rotatable bonds is 7. The van der Waals surface area contributed by atoms with Crippen molar-refractivity contribution in [3.63, 3.8) is 0 Å². The first-order valence-corrected chi connectivity index (χ1v) is 6.16. The molecule has 0 radical (unpaired) electrons. The second-order valence-electron chi connectivity index (χ2n) is 3.07. The first-order valence-electron chi connectivity index (χ1n) is 4.57. The highest BCUT2D eigenvalue weighted by molar-refractivity contribution is 7.99. The van der Waals surface area contributed by atoms with E-state index in [1.54, 1.807) is 0 Å². The largest absolute Gasteiger partial charge is 0.305 e. The van der Waals surface area contributed by atoms with Crippen molar-refractivity contribution in [1.82, 2.24) is 4.90 Å². The summed E-state index contributed by atoms with van der Waals surface area (Å²) in [4.78, 5) is 2.35. The van der Waals surface area contributed by atoms with Crippen molar-refractivity contribution in [3.05, 3.63) is 0 Å². The zero-order valence-corrected chi connectivity index (χ0v) is 9.92. The lowest BCUT2D eigenvalue weighted by Gasteiger charge is -2.16. The van der Waals surface area contributed by atoms with Crippen molar-refractivity contribution in [2.75, 3.05) is 31.6 Å². The molecule has 0 aliphatic heterocycles. The third kappa shape index (κ3) is 8.69. The lowest BCUT2D eigenvalue weighted by molar-refractivity contribution is 0.349. The zero-order valence-electron chi connectivity index (χ0n) is 8.35. The van der Waals surface area contributed by atoms with E-state index in [1.807, 2.05) is 11.8 Å². The summed E-state index contributed by atoms with van der Waals surface area (Å²) >= 11 is 7.85. The van der Waals surface area contributed by atoms with Gasteiger partial charge in [-0.2, -0.15) is 11.8 Å². The van der Waals surface area contributed by atoms with Crippen LogP contribution in [0.4, 0.5) is 0 Å². The Morgan fingerprint density at radius 1 is 1.42 bits per heavy atom. The molecule has 12 heavy (non-hydrogen) atoms. The van der Waals surface area contributed by atoms with Crippen molar-refractivity contribution in [1.29, 1.82) is 0 Å². The van der Waals surface area contributed by atoms with Gasteiger partial charge in [-0.05, 0) is 32.7 Å². The molecule has 74 valence electrons. The van der Waals surface area contributed by atoms with Gasteiger partial charge in [0.2, 0.25) is 0 Å². The van der Waals surface area contributed by atoms with E-state index >= 15 is 0 Å². The molecule has 0 N–H and O–H groups in total. The summed E-state index contributed by atoms with van der Waals surface area (Å²) in [5.41, 5.74) is 0. The van der Waals surface area contributed by atoms with Crippen LogP contribution in [0.25, 0.3) is 0 Å². The molecule has 1 unspecified atom stereocenters. The summed E-state index contributed by atoms with van der Waals surface area (Å²) in [5, 5.41) is 0.311. The molecular weight excluding hydrogens is 190 g/mol. The second kappa shape index (κ2) is 8.21. The van der Waals surface area contributed by atoms with Gasteiger partial charge in [0.15, 0.2) is 0 Å². The minimum Gasteiger partial charge on any atom is -0.305 e. The van der Waals surface area contributed by atoms with Gasteiger partial charge < -0.3 is 4.90 Å². The van der Waals surface area contributed by atoms with Crippen molar-refractivity contribution in [2.24, 2.45) is 0 Å². The number of hydrogen-bond acceptors (Lipinski definition) is 2. The Balaban J connectivity index is 3.15. The van der Waals surface area contributed by atoms with Gasteiger partial charge in [0.1, 0.15) is 0 Å². The highest BCUT2D eigenvalue weighted by atomic mass is 35.5. The molecule has 0 saturated heterocycles. The van der Waals surface area contributed by atoms with Crippen LogP contribution in [0.3, 0.4) is 0 Å². The molecule has 0 aromatic heterocycles. The van der Waals surface area contributed by atoms with Crippen LogP contribution < -0.4 is 0 Å². The maximum absolute atomic E-state index is 5.85. The third-order valence-electron chi connectivity index (χ3n) is 1.73. The van der Waals surface area contributed by atoms with Crippen LogP contribution in [-0.2, 0) is 0 Å². The highest BCUT2D eigenvalue weighted by Gasteiger charge is 2.00. The van der Waals surface area contributed by atoms with E-state index in [0.717, 1.165) is 13.0 Å². The Kier molecular flexibility index (Phi) is 8.62. The van der Waals surface area contributed by atoms with E-state index in [4.69, 9.17) is 11.6 Å². The fourth-order valence-corrected chi connectivity index (χ4v) is 1.70. The van der Waals surface area contributed by atoms with Gasteiger partial charge in [-0.3, -0.25) is 0 Å². The van der Waals surface area contributed by atoms with Gasteiger partial charge in [-0.1, -0.05) is 6.92 Å². The summed E-state index contributed by atoms with van der Waals surface area (Å²) in [6.45, 7) is 6.55. The monoisotopic (exact) mass is 209 g/mol. The molecule has 0 fully saturated rings. The normalized spacial score (nSPS) is 13.8. The molecule has 0 spiro atoms. The van der Waals surface area contributed by atoms with Gasteiger partial charge in [0.05, 0.1) is 0 Å². The van der Waals surface area contributed by atoms with Crippen LogP contribution in [0.15, 0.2) is 0 Å². The van der Waals surface area contributed by atoms with E-state index < -0.39 is 0 Å². The number of alkyl halides is 1. The Hall–Kier alpha value is 0.600. The van der Waals surface area contributed by atoms with Gasteiger partial charge in [0.25, 0.3) is 0 Å². The van der Waals surface area contributed by atoms with Crippen LogP contribution in [0, 0.1) is 0 Å². The summed E-state index contributed by atoms with van der Waals surface area (Å²) < 4.78 is 0. The maximum Gasteiger partial charge on any atom is 0.0320 e. The SMILES string of the molecule is CCSCCN(C)CCC(C)Cl. The molecule has 0 amide bonds. The van der Waals surface area contributed by atoms with Crippen LogP contribution >= 0.6 is 23.4 Å². The smallest absolute Gasteiger partial charge is 0.0320 e. The van der Waals surface area contributed by atoms with E-state index in [1.165, 1.54) is 18.1 Å². The number of thioether (sulfide) groups is 1. The van der Waals surface area contributed by atoms with Crippen LogP contribution in [0.5, 0.6) is 0 Å². The molecule has 0 bridgehead atoms. The Labute approximate surface area is 85.8 Å². The molecule has 1 atom stereocenters. The predicted octanol–water partition coefficient (Wildman–Crippen LogP) is 2.69. The maximum atomic E-state index is 5.85. The van der Waals surface area contributed by atoms with Crippen LogP contribution in [0.2, 0.25) is 0 Å². The Morgan fingerprint density at radius 2 is 2.08 bits per heavy atom. The highest BCUT2D eigenvalue weighted by Crippen LogP contribution is 2.03. The van der Waals surface area contributed by atoms with Gasteiger partial charge in [-0.15, -0.1) is 11.6 Å². The van der Waals surface area contributed by atoms with Crippen molar-refractivity contribution >= 4 is 23.4 Å². The molecule has 0 rings (SSSR count). The lowest BCUT2D eigenvalue weighted by atomic mass is 10.3. The van der Waals surface area contributed by atoms with E-state index in [9.17, 15) is 0 Å². The van der Waals surface area contributed by atoms with Gasteiger partial charge >= 0.3 is 0 Å². The van der Waals surface area contributed by atoms with E-state index in [2.05, 4.69) is 25.8 Å². The van der Waals surface area contributed by atoms with Crippen molar-refractivity contribution in [3.8, 4) is 0 Å². The first kappa shape index (κ1) is 12.6. The molecule has 0 aromatic rings. The molecule has 3 heteroatoms. The average molecular weight is 210 g/mol. The summed E-state index contributed by atoms with van der Waals surface area (Å²) in [6.07, 6.45) is 1.09. The molecule has 0 aliphatic carbocycles. The Morgan fingerprint density at radius 3 is 2.58 bits per heavy atom. The topological polar surface area (TPSA) is 3.24 Å². The van der Waals surface area contributed by atoms with Gasteiger partial charge in [-0.25, -0.2) is 0 Å². The van der Waals surface area contributed by atoms with E-state index in [0.29, 0.717) is 5.38 Å². The number of halogens is 1. The molecule has 0 heterocycles. The van der Waals surface area contributed by atoms with Crippen molar-refractivity contribution < 1.29 is 0 Å². The first-order chi connectivity index (χ1) is 5.66. The number of nitrogens with zero attached hydrogens (tertiary/aromatic N) is 1. The third-order valence-corrected chi connectivity index (χ3v) is 2.83. The molecule has 1 nitrogen and oxygen atoms in total. The summed E-state index contributed by atoms with van der Waals surface area (Å²) in [6, 6.07) is 0. The Bertz CT molecular complexity index is 98.5.